The van der Waals surface area contributed by atoms with Crippen LogP contribution < -0.4 is 5.73 Å². The molecule has 0 bridgehead atoms. The standard InChI is InChI=1S/C23H24N2O9/c1-8(26)34-19-10-7-9-5-4-6-11(27)12(9)17(28)13(10)20(30)23(33)15(19)16(25(2)3)18(29)14(21(23)31)22(24)32/h4-6,10,13-16,19,27,33H,7H2,1-3H3,(H2,24,32)/t10-,13?,14?,15-,16+,19-,23+/m1/s1. The third-order valence-electron chi connectivity index (χ3n) is 7.15. The van der Waals surface area contributed by atoms with E-state index in [0.29, 0.717) is 5.56 Å². The van der Waals surface area contributed by atoms with Gasteiger partial charge in [-0.2, -0.15) is 0 Å². The van der Waals surface area contributed by atoms with Crippen molar-refractivity contribution in [2.24, 2.45) is 29.4 Å². The van der Waals surface area contributed by atoms with Gasteiger partial charge < -0.3 is 20.7 Å². The maximum Gasteiger partial charge on any atom is 0.302 e. The van der Waals surface area contributed by atoms with Crippen LogP contribution in [0.3, 0.4) is 0 Å². The highest BCUT2D eigenvalue weighted by Gasteiger charge is 2.73. The van der Waals surface area contributed by atoms with Gasteiger partial charge in [-0.3, -0.25) is 33.7 Å². The maximum atomic E-state index is 13.7. The van der Waals surface area contributed by atoms with Crippen molar-refractivity contribution in [3.05, 3.63) is 29.3 Å². The summed E-state index contributed by atoms with van der Waals surface area (Å²) in [5.41, 5.74) is 2.55. The van der Waals surface area contributed by atoms with Gasteiger partial charge in [0.15, 0.2) is 34.7 Å². The van der Waals surface area contributed by atoms with Crippen LogP contribution in [0.2, 0.25) is 0 Å². The fraction of sp³-hybridized carbons (Fsp3) is 0.478. The van der Waals surface area contributed by atoms with E-state index in [0.717, 1.165) is 6.92 Å². The van der Waals surface area contributed by atoms with Gasteiger partial charge in [0, 0.05) is 12.8 Å². The highest BCUT2D eigenvalue weighted by Crippen LogP contribution is 2.51. The maximum absolute atomic E-state index is 13.7. The number of primary amides is 1. The topological polar surface area (TPSA) is 181 Å². The Morgan fingerprint density at radius 3 is 2.35 bits per heavy atom. The molecule has 2 saturated carbocycles. The average Bonchev–Trinajstić information content (AvgIpc) is 2.72. The number of aromatic hydroxyl groups is 1. The van der Waals surface area contributed by atoms with E-state index in [-0.39, 0.29) is 17.7 Å². The van der Waals surface area contributed by atoms with Gasteiger partial charge in [-0.05, 0) is 32.1 Å². The van der Waals surface area contributed by atoms with Gasteiger partial charge in [0.1, 0.15) is 11.9 Å². The number of Topliss-reactive ketones (excluding diaryl/α,β-unsaturated/α-hetero) is 4. The molecule has 7 atom stereocenters. The number of nitrogens with zero attached hydrogens (tertiary/aromatic N) is 1. The molecule has 180 valence electrons. The molecule has 4 N–H and O–H groups in total. The lowest BCUT2D eigenvalue weighted by Gasteiger charge is -2.55. The van der Waals surface area contributed by atoms with Crippen LogP contribution in [-0.4, -0.2) is 82.0 Å². The molecule has 0 saturated heterocycles. The average molecular weight is 472 g/mol. The number of nitrogens with two attached hydrogens (primary N) is 1. The van der Waals surface area contributed by atoms with Gasteiger partial charge in [0.05, 0.1) is 23.4 Å². The molecule has 0 spiro atoms. The number of rotatable bonds is 3. The second kappa shape index (κ2) is 7.81. The summed E-state index contributed by atoms with van der Waals surface area (Å²) in [7, 11) is 2.88. The van der Waals surface area contributed by atoms with Gasteiger partial charge in [-0.25, -0.2) is 0 Å². The van der Waals surface area contributed by atoms with Crippen molar-refractivity contribution < 1.29 is 43.7 Å². The van der Waals surface area contributed by atoms with Crippen molar-refractivity contribution in [3.63, 3.8) is 0 Å². The minimum Gasteiger partial charge on any atom is -0.507 e. The van der Waals surface area contributed by atoms with E-state index in [1.165, 1.54) is 31.1 Å². The largest absolute Gasteiger partial charge is 0.507 e. The van der Waals surface area contributed by atoms with E-state index < -0.39 is 76.4 Å². The lowest BCUT2D eigenvalue weighted by atomic mass is 9.51. The first kappa shape index (κ1) is 23.7. The number of carbonyl (C=O) groups excluding carboxylic acids is 6. The van der Waals surface area contributed by atoms with Crippen LogP contribution in [0.15, 0.2) is 18.2 Å². The number of hydrogen-bond donors (Lipinski definition) is 3. The number of phenols is 1. The van der Waals surface area contributed by atoms with Gasteiger partial charge in [0.2, 0.25) is 5.91 Å². The summed E-state index contributed by atoms with van der Waals surface area (Å²) >= 11 is 0. The number of ketones is 4. The molecule has 0 heterocycles. The molecule has 11 nitrogen and oxygen atoms in total. The lowest BCUT2D eigenvalue weighted by Crippen LogP contribution is -2.78. The first-order valence-electron chi connectivity index (χ1n) is 10.7. The Hall–Kier alpha value is -3.44. The summed E-state index contributed by atoms with van der Waals surface area (Å²) < 4.78 is 5.50. The number of fused-ring (bicyclic) bond motifs is 3. The second-order valence-electron chi connectivity index (χ2n) is 9.26. The number of carbonyl (C=O) groups is 6. The Morgan fingerprint density at radius 2 is 1.79 bits per heavy atom. The quantitative estimate of drug-likeness (QED) is 0.343. The minimum absolute atomic E-state index is 0.00180. The van der Waals surface area contributed by atoms with Gasteiger partial charge >= 0.3 is 5.97 Å². The highest BCUT2D eigenvalue weighted by atomic mass is 16.5. The van der Waals surface area contributed by atoms with E-state index in [9.17, 15) is 39.0 Å². The zero-order chi connectivity index (χ0) is 25.3. The van der Waals surface area contributed by atoms with Gasteiger partial charge in [0.25, 0.3) is 0 Å². The summed E-state index contributed by atoms with van der Waals surface area (Å²) in [4.78, 5) is 79.1. The normalized spacial score (nSPS) is 34.9. The second-order valence-corrected chi connectivity index (χ2v) is 9.26. The third-order valence-corrected chi connectivity index (χ3v) is 7.15. The predicted molar refractivity (Wildman–Crippen MR) is 112 cm³/mol. The van der Waals surface area contributed by atoms with Crippen LogP contribution in [0, 0.1) is 23.7 Å². The van der Waals surface area contributed by atoms with Crippen LogP contribution >= 0.6 is 0 Å². The van der Waals surface area contributed by atoms with Crippen molar-refractivity contribution in [1.29, 1.82) is 0 Å². The minimum atomic E-state index is -3.00. The summed E-state index contributed by atoms with van der Waals surface area (Å²) in [6.07, 6.45) is -1.41. The van der Waals surface area contributed by atoms with Crippen molar-refractivity contribution in [2.45, 2.75) is 31.1 Å². The molecule has 1 aromatic carbocycles. The molecule has 0 aromatic heterocycles. The fourth-order valence-corrected chi connectivity index (χ4v) is 5.88. The first-order chi connectivity index (χ1) is 15.8. The molecule has 1 aromatic rings. The molecule has 4 rings (SSSR count). The molecular formula is C23H24N2O9. The number of likely N-dealkylation sites (N-methyl/N-ethyl adjacent to an activating group) is 1. The Morgan fingerprint density at radius 1 is 1.15 bits per heavy atom. The number of esters is 1. The molecule has 11 heteroatoms. The summed E-state index contributed by atoms with van der Waals surface area (Å²) in [6, 6.07) is 2.96. The van der Waals surface area contributed by atoms with Crippen LogP contribution in [0.4, 0.5) is 0 Å². The summed E-state index contributed by atoms with van der Waals surface area (Å²) in [5.74, 6) is -13.3. The molecule has 1 amide bonds. The molecule has 2 unspecified atom stereocenters. The molecule has 0 radical (unpaired) electrons. The Labute approximate surface area is 193 Å². The number of ether oxygens (including phenoxy) is 1. The smallest absolute Gasteiger partial charge is 0.302 e. The number of hydrogen-bond acceptors (Lipinski definition) is 10. The third kappa shape index (κ3) is 3.03. The zero-order valence-corrected chi connectivity index (χ0v) is 18.7. The van der Waals surface area contributed by atoms with Crippen molar-refractivity contribution in [2.75, 3.05) is 14.1 Å². The first-order valence-corrected chi connectivity index (χ1v) is 10.7. The van der Waals surface area contributed by atoms with E-state index in [4.69, 9.17) is 10.5 Å². The molecule has 2 fully saturated rings. The SMILES string of the molecule is CC(=O)O[C@H]1[C@H]2[C@H](N(C)C)C(=O)C(C(N)=O)C(=O)[C@@]2(O)C(=O)C2C(=O)c3c(O)cccc3C[C@H]21. The fourth-order valence-electron chi connectivity index (χ4n) is 5.88. The molecule has 34 heavy (non-hydrogen) atoms. The Bertz CT molecular complexity index is 1160. The van der Waals surface area contributed by atoms with Crippen LogP contribution in [0.25, 0.3) is 0 Å². The summed E-state index contributed by atoms with van der Waals surface area (Å²) in [5, 5.41) is 21.9. The zero-order valence-electron chi connectivity index (χ0n) is 18.7. The number of phenolic OH excluding ortho intramolecular Hbond substituents is 1. The van der Waals surface area contributed by atoms with E-state index in [2.05, 4.69) is 0 Å². The van der Waals surface area contributed by atoms with E-state index >= 15 is 0 Å². The molecule has 3 aliphatic rings. The molecule has 0 aliphatic heterocycles. The molecule has 3 aliphatic carbocycles. The van der Waals surface area contributed by atoms with E-state index in [1.54, 1.807) is 6.07 Å². The van der Waals surface area contributed by atoms with Crippen molar-refractivity contribution in [3.8, 4) is 5.75 Å². The van der Waals surface area contributed by atoms with E-state index in [1.807, 2.05) is 0 Å². The van der Waals surface area contributed by atoms with Crippen LogP contribution in [0.5, 0.6) is 5.75 Å². The highest BCUT2D eigenvalue weighted by molar-refractivity contribution is 6.32. The number of benzene rings is 1. The van der Waals surface area contributed by atoms with Crippen molar-refractivity contribution >= 4 is 35.0 Å². The monoisotopic (exact) mass is 472 g/mol. The Balaban J connectivity index is 1.99. The van der Waals surface area contributed by atoms with Gasteiger partial charge in [-0.1, -0.05) is 12.1 Å². The molecular weight excluding hydrogens is 448 g/mol. The predicted octanol–water partition coefficient (Wildman–Crippen LogP) is -1.59. The number of aliphatic hydroxyl groups is 1. The lowest BCUT2D eigenvalue weighted by molar-refractivity contribution is -0.203. The van der Waals surface area contributed by atoms with Gasteiger partial charge in [-0.15, -0.1) is 0 Å². The summed E-state index contributed by atoms with van der Waals surface area (Å²) in [6.45, 7) is 1.08. The number of amides is 1. The van der Waals surface area contributed by atoms with Crippen LogP contribution in [0.1, 0.15) is 22.8 Å². The van der Waals surface area contributed by atoms with Crippen LogP contribution in [-0.2, 0) is 35.1 Å². The van der Waals surface area contributed by atoms with Crippen molar-refractivity contribution in [1.82, 2.24) is 4.90 Å². The Kier molecular flexibility index (Phi) is 5.45.